The summed E-state index contributed by atoms with van der Waals surface area (Å²) in [5, 5.41) is 9.58. The predicted octanol–water partition coefficient (Wildman–Crippen LogP) is 9.38. The number of methoxy groups -OCH3 is 4. The summed E-state index contributed by atoms with van der Waals surface area (Å²) in [5.41, 5.74) is 3.23. The third-order valence-electron chi connectivity index (χ3n) is 11.1. The van der Waals surface area contributed by atoms with Crippen LogP contribution in [0.4, 0.5) is 0 Å². The number of piperidine rings is 2. The van der Waals surface area contributed by atoms with Crippen LogP contribution in [0, 0.1) is 23.2 Å². The Morgan fingerprint density at radius 1 is 0.561 bits per heavy atom. The minimum absolute atomic E-state index is 0.665. The van der Waals surface area contributed by atoms with Gasteiger partial charge in [-0.2, -0.15) is 5.26 Å². The highest BCUT2D eigenvalue weighted by Crippen LogP contribution is 2.30. The monoisotopic (exact) mass is 797 g/mol. The fraction of sp³-hybridized carbons (Fsp3) is 0.468. The standard InChI is InChI=1S/C24H30N2O3.C23H30ClNO3/c1-27-23-8-5-20(17-24(23)28-2)11-15-26-13-9-19(10-14-26)12-16-29-22-6-3-21(18-25)4-7-22;1-26-22-8-3-19(17-23(22)27-2)11-15-25-13-9-18(10-14-25)12-16-28-21-6-4-20(24)5-7-21/h3-8,17,19H,9-16H2,1-2H3;3-8,17-18H,9-16H2,1-2H3. The Bertz CT molecular complexity index is 1800. The van der Waals surface area contributed by atoms with Crippen molar-refractivity contribution in [3.05, 3.63) is 107 Å². The highest BCUT2D eigenvalue weighted by atomic mass is 35.5. The van der Waals surface area contributed by atoms with Crippen LogP contribution in [0.1, 0.15) is 55.2 Å². The van der Waals surface area contributed by atoms with Crippen molar-refractivity contribution in [1.82, 2.24) is 9.80 Å². The number of nitrogens with zero attached hydrogens (tertiary/aromatic N) is 3. The summed E-state index contributed by atoms with van der Waals surface area (Å²) in [7, 11) is 6.69. The number of hydrogen-bond donors (Lipinski definition) is 0. The number of halogens is 1. The highest BCUT2D eigenvalue weighted by molar-refractivity contribution is 6.30. The molecule has 0 aliphatic carbocycles. The molecule has 0 unspecified atom stereocenters. The largest absolute Gasteiger partial charge is 0.494 e. The molecule has 9 nitrogen and oxygen atoms in total. The van der Waals surface area contributed by atoms with Gasteiger partial charge >= 0.3 is 0 Å². The van der Waals surface area contributed by atoms with Gasteiger partial charge in [-0.25, -0.2) is 0 Å². The van der Waals surface area contributed by atoms with E-state index >= 15 is 0 Å². The molecule has 0 amide bonds. The van der Waals surface area contributed by atoms with Crippen molar-refractivity contribution in [2.45, 2.75) is 51.4 Å². The SMILES string of the molecule is COc1ccc(CCN2CCC(CCOc3ccc(C#N)cc3)CC2)cc1OC.COc1ccc(CCN2CCC(CCOc3ccc(Cl)cc3)CC2)cc1OC. The van der Waals surface area contributed by atoms with Crippen LogP contribution in [0.2, 0.25) is 5.02 Å². The zero-order valence-electron chi connectivity index (χ0n) is 34.2. The van der Waals surface area contributed by atoms with Gasteiger partial charge in [0, 0.05) is 18.1 Å². The lowest BCUT2D eigenvalue weighted by Crippen LogP contribution is -2.35. The van der Waals surface area contributed by atoms with Gasteiger partial charge in [0.1, 0.15) is 11.5 Å². The summed E-state index contributed by atoms with van der Waals surface area (Å²) in [6.07, 6.45) is 9.20. The maximum absolute atomic E-state index is 8.84. The quantitative estimate of drug-likeness (QED) is 0.0978. The normalized spacial score (nSPS) is 15.2. The van der Waals surface area contributed by atoms with Gasteiger partial charge < -0.3 is 38.2 Å². The Labute approximate surface area is 345 Å². The molecule has 10 heteroatoms. The van der Waals surface area contributed by atoms with E-state index in [9.17, 15) is 0 Å². The molecule has 0 spiro atoms. The number of hydrogen-bond acceptors (Lipinski definition) is 9. The van der Waals surface area contributed by atoms with Crippen molar-refractivity contribution in [3.63, 3.8) is 0 Å². The Morgan fingerprint density at radius 3 is 1.35 bits per heavy atom. The average Bonchev–Trinajstić information content (AvgIpc) is 3.26. The van der Waals surface area contributed by atoms with E-state index in [2.05, 4.69) is 40.1 Å². The molecule has 0 bridgehead atoms. The Balaban J connectivity index is 0.000000218. The first-order valence-electron chi connectivity index (χ1n) is 20.3. The fourth-order valence-electron chi connectivity index (χ4n) is 7.49. The molecule has 0 atom stereocenters. The van der Waals surface area contributed by atoms with E-state index < -0.39 is 0 Å². The topological polar surface area (TPSA) is 85.7 Å². The summed E-state index contributed by atoms with van der Waals surface area (Å²) in [6, 6.07) is 29.4. The lowest BCUT2D eigenvalue weighted by molar-refractivity contribution is 0.164. The Kier molecular flexibility index (Phi) is 18.0. The van der Waals surface area contributed by atoms with Crippen molar-refractivity contribution in [1.29, 1.82) is 5.26 Å². The third-order valence-corrected chi connectivity index (χ3v) is 11.4. The molecule has 2 aliphatic rings. The minimum Gasteiger partial charge on any atom is -0.494 e. The molecular weight excluding hydrogens is 738 g/mol. The van der Waals surface area contributed by atoms with Gasteiger partial charge in [0.2, 0.25) is 0 Å². The van der Waals surface area contributed by atoms with Crippen LogP contribution < -0.4 is 28.4 Å². The highest BCUT2D eigenvalue weighted by Gasteiger charge is 2.20. The molecule has 2 aliphatic heterocycles. The maximum Gasteiger partial charge on any atom is 0.160 e. The van der Waals surface area contributed by atoms with Gasteiger partial charge in [0.05, 0.1) is 53.3 Å². The van der Waals surface area contributed by atoms with Crippen LogP contribution in [0.5, 0.6) is 34.5 Å². The first-order chi connectivity index (χ1) is 27.9. The van der Waals surface area contributed by atoms with E-state index in [0.29, 0.717) is 5.56 Å². The van der Waals surface area contributed by atoms with Gasteiger partial charge in [-0.05, 0) is 173 Å². The van der Waals surface area contributed by atoms with Crippen LogP contribution in [0.15, 0.2) is 84.9 Å². The molecule has 0 aromatic heterocycles. The van der Waals surface area contributed by atoms with Crippen molar-refractivity contribution in [2.75, 3.05) is 80.9 Å². The predicted molar refractivity (Wildman–Crippen MR) is 228 cm³/mol. The number of likely N-dealkylation sites (tertiary alicyclic amines) is 2. The molecule has 0 N–H and O–H groups in total. The van der Waals surface area contributed by atoms with Crippen LogP contribution >= 0.6 is 11.6 Å². The second-order valence-electron chi connectivity index (χ2n) is 14.8. The molecule has 0 radical (unpaired) electrons. The summed E-state index contributed by atoms with van der Waals surface area (Å²) in [5.74, 6) is 6.39. The van der Waals surface area contributed by atoms with Gasteiger partial charge in [-0.3, -0.25) is 0 Å². The average molecular weight is 798 g/mol. The van der Waals surface area contributed by atoms with E-state index in [-0.39, 0.29) is 0 Å². The van der Waals surface area contributed by atoms with Crippen LogP contribution in [0.25, 0.3) is 0 Å². The first-order valence-corrected chi connectivity index (χ1v) is 20.6. The first kappa shape index (κ1) is 43.5. The van der Waals surface area contributed by atoms with Crippen molar-refractivity contribution < 1.29 is 28.4 Å². The molecular formula is C47H60ClN3O6. The summed E-state index contributed by atoms with van der Waals surface area (Å²) >= 11 is 5.90. The molecule has 0 saturated carbocycles. The molecule has 2 saturated heterocycles. The van der Waals surface area contributed by atoms with E-state index in [0.717, 1.165) is 116 Å². The molecule has 6 rings (SSSR count). The number of nitriles is 1. The van der Waals surface area contributed by atoms with Gasteiger partial charge in [-0.15, -0.1) is 0 Å². The summed E-state index contributed by atoms with van der Waals surface area (Å²) in [6.45, 7) is 8.30. The second kappa shape index (κ2) is 23.6. The summed E-state index contributed by atoms with van der Waals surface area (Å²) in [4.78, 5) is 5.11. The Hall–Kier alpha value is -4.62. The van der Waals surface area contributed by atoms with Crippen molar-refractivity contribution >= 4 is 11.6 Å². The zero-order chi connectivity index (χ0) is 40.2. The number of ether oxygens (including phenoxy) is 6. The van der Waals surface area contributed by atoms with Crippen molar-refractivity contribution in [3.8, 4) is 40.6 Å². The van der Waals surface area contributed by atoms with Gasteiger partial charge in [0.25, 0.3) is 0 Å². The number of rotatable bonds is 18. The summed E-state index contributed by atoms with van der Waals surface area (Å²) < 4.78 is 33.1. The van der Waals surface area contributed by atoms with Gasteiger partial charge in [0.15, 0.2) is 23.0 Å². The van der Waals surface area contributed by atoms with E-state index in [1.165, 1.54) is 49.9 Å². The fourth-order valence-corrected chi connectivity index (χ4v) is 7.61. The van der Waals surface area contributed by atoms with Crippen LogP contribution in [0.3, 0.4) is 0 Å². The minimum atomic E-state index is 0.665. The van der Waals surface area contributed by atoms with E-state index in [1.54, 1.807) is 40.6 Å². The lowest BCUT2D eigenvalue weighted by Gasteiger charge is -2.32. The maximum atomic E-state index is 8.84. The molecule has 4 aromatic rings. The molecule has 2 fully saturated rings. The van der Waals surface area contributed by atoms with Crippen LogP contribution in [-0.4, -0.2) is 90.7 Å². The zero-order valence-corrected chi connectivity index (χ0v) is 35.0. The molecule has 306 valence electrons. The third kappa shape index (κ3) is 14.4. The van der Waals surface area contributed by atoms with Gasteiger partial charge in [-0.1, -0.05) is 23.7 Å². The molecule has 4 aromatic carbocycles. The lowest BCUT2D eigenvalue weighted by atomic mass is 9.93. The van der Waals surface area contributed by atoms with E-state index in [1.807, 2.05) is 48.5 Å². The van der Waals surface area contributed by atoms with E-state index in [4.69, 9.17) is 45.3 Å². The number of benzene rings is 4. The van der Waals surface area contributed by atoms with Crippen molar-refractivity contribution in [2.24, 2.45) is 11.8 Å². The molecule has 57 heavy (non-hydrogen) atoms. The Morgan fingerprint density at radius 2 is 0.965 bits per heavy atom. The molecule has 2 heterocycles. The smallest absolute Gasteiger partial charge is 0.160 e. The second-order valence-corrected chi connectivity index (χ2v) is 15.2. The van der Waals surface area contributed by atoms with Crippen LogP contribution in [-0.2, 0) is 12.8 Å².